The summed E-state index contributed by atoms with van der Waals surface area (Å²) in [6.45, 7) is -0.00161. The molecular formula is C13H14F4N2O5. The molecule has 1 aliphatic heterocycles. The highest BCUT2D eigenvalue weighted by molar-refractivity contribution is 5.89. The number of methoxy groups -OCH3 is 2. The molecular weight excluding hydrogens is 340 g/mol. The van der Waals surface area contributed by atoms with Crippen molar-refractivity contribution in [2.45, 2.75) is 18.7 Å². The van der Waals surface area contributed by atoms with E-state index in [0.717, 1.165) is 18.2 Å². The largest absolute Gasteiger partial charge is 0.540 e. The molecule has 1 aromatic carbocycles. The van der Waals surface area contributed by atoms with E-state index >= 15 is 0 Å². The topological polar surface area (TPSA) is 78.1 Å². The summed E-state index contributed by atoms with van der Waals surface area (Å²) in [5.74, 6) is -0.749. The Balaban J connectivity index is 2.08. The number of fused-ring (bicyclic) bond motifs is 1. The standard InChI is InChI=1S/C13H14F4N2O5/c1-21-10(22-2)6-18-11(20)19-7-3-4-9-8(5-7)12(14,15)24-13(16,17)23-9/h3-5,10H,6H2,1-2H3,(H2,18,19,20). The van der Waals surface area contributed by atoms with Gasteiger partial charge in [-0.15, -0.1) is 8.78 Å². The highest BCUT2D eigenvalue weighted by atomic mass is 19.3. The van der Waals surface area contributed by atoms with Gasteiger partial charge in [-0.25, -0.2) is 9.53 Å². The number of anilines is 1. The first-order chi connectivity index (χ1) is 11.2. The van der Waals surface area contributed by atoms with Gasteiger partial charge in [0, 0.05) is 19.9 Å². The van der Waals surface area contributed by atoms with Crippen molar-refractivity contribution in [3.63, 3.8) is 0 Å². The molecule has 0 bridgehead atoms. The first-order valence-corrected chi connectivity index (χ1v) is 6.56. The van der Waals surface area contributed by atoms with Crippen LogP contribution in [-0.2, 0) is 20.3 Å². The van der Waals surface area contributed by atoms with Gasteiger partial charge in [0.2, 0.25) is 0 Å². The van der Waals surface area contributed by atoms with Crippen LogP contribution in [0.25, 0.3) is 0 Å². The Labute approximate surface area is 133 Å². The van der Waals surface area contributed by atoms with Gasteiger partial charge in [0.15, 0.2) is 6.29 Å². The first-order valence-electron chi connectivity index (χ1n) is 6.56. The molecule has 2 amide bonds. The number of carbonyl (C=O) groups is 1. The van der Waals surface area contributed by atoms with Crippen molar-refractivity contribution in [1.29, 1.82) is 0 Å². The summed E-state index contributed by atoms with van der Waals surface area (Å²) in [7, 11) is 2.74. The molecule has 0 fully saturated rings. The summed E-state index contributed by atoms with van der Waals surface area (Å²) in [6, 6.07) is 2.04. The molecule has 0 spiro atoms. The van der Waals surface area contributed by atoms with Crippen LogP contribution in [0.2, 0.25) is 0 Å². The second-order valence-electron chi connectivity index (χ2n) is 4.63. The average Bonchev–Trinajstić information content (AvgIpc) is 2.47. The second kappa shape index (κ2) is 6.79. The van der Waals surface area contributed by atoms with Crippen LogP contribution >= 0.6 is 0 Å². The lowest BCUT2D eigenvalue weighted by molar-refractivity contribution is -0.461. The molecule has 1 aliphatic rings. The highest BCUT2D eigenvalue weighted by Crippen LogP contribution is 2.46. The Hall–Kier alpha value is -2.11. The van der Waals surface area contributed by atoms with Gasteiger partial charge >= 0.3 is 18.4 Å². The molecule has 24 heavy (non-hydrogen) atoms. The van der Waals surface area contributed by atoms with Gasteiger partial charge in [-0.3, -0.25) is 0 Å². The number of nitrogens with one attached hydrogen (secondary N) is 2. The fourth-order valence-electron chi connectivity index (χ4n) is 1.89. The lowest BCUT2D eigenvalue weighted by atomic mass is 10.1. The van der Waals surface area contributed by atoms with Crippen LogP contribution in [-0.4, -0.2) is 39.4 Å². The van der Waals surface area contributed by atoms with Gasteiger partial charge in [-0.1, -0.05) is 0 Å². The molecule has 0 aromatic heterocycles. The lowest BCUT2D eigenvalue weighted by Crippen LogP contribution is -2.41. The molecule has 0 saturated heterocycles. The summed E-state index contributed by atoms with van der Waals surface area (Å²) in [5, 5.41) is 4.64. The van der Waals surface area contributed by atoms with E-state index in [9.17, 15) is 22.4 Å². The quantitative estimate of drug-likeness (QED) is 0.627. The monoisotopic (exact) mass is 354 g/mol. The molecule has 0 radical (unpaired) electrons. The van der Waals surface area contributed by atoms with Crippen molar-refractivity contribution in [3.05, 3.63) is 23.8 Å². The van der Waals surface area contributed by atoms with E-state index in [2.05, 4.69) is 20.1 Å². The number of ether oxygens (including phenoxy) is 4. The van der Waals surface area contributed by atoms with E-state index in [-0.39, 0.29) is 12.2 Å². The summed E-state index contributed by atoms with van der Waals surface area (Å²) in [6.07, 6.45) is -9.41. The first kappa shape index (κ1) is 18.2. The van der Waals surface area contributed by atoms with Crippen LogP contribution in [0, 0.1) is 0 Å². The smallest absolute Gasteiger partial charge is 0.409 e. The van der Waals surface area contributed by atoms with Crippen molar-refractivity contribution in [2.75, 3.05) is 26.1 Å². The minimum atomic E-state index is -4.45. The number of hydrogen-bond donors (Lipinski definition) is 2. The maximum Gasteiger partial charge on any atom is 0.540 e. The molecule has 134 valence electrons. The van der Waals surface area contributed by atoms with Crippen LogP contribution in [0.15, 0.2) is 18.2 Å². The number of urea groups is 1. The third kappa shape index (κ3) is 4.24. The van der Waals surface area contributed by atoms with Gasteiger partial charge in [0.05, 0.1) is 12.1 Å². The molecule has 0 atom stereocenters. The van der Waals surface area contributed by atoms with Gasteiger partial charge < -0.3 is 24.8 Å². The SMILES string of the molecule is COC(CNC(=O)Nc1ccc2c(c1)C(F)(F)OC(F)(F)O2)OC. The third-order valence-corrected chi connectivity index (χ3v) is 2.98. The van der Waals surface area contributed by atoms with E-state index in [4.69, 9.17) is 9.47 Å². The van der Waals surface area contributed by atoms with Gasteiger partial charge in [-0.05, 0) is 18.2 Å². The fraction of sp³-hybridized carbons (Fsp3) is 0.462. The zero-order chi connectivity index (χ0) is 18.0. The second-order valence-corrected chi connectivity index (χ2v) is 4.63. The Kier molecular flexibility index (Phi) is 5.16. The van der Waals surface area contributed by atoms with Gasteiger partial charge in [0.25, 0.3) is 0 Å². The van der Waals surface area contributed by atoms with Crippen LogP contribution in [0.5, 0.6) is 5.75 Å². The molecule has 2 rings (SSSR count). The third-order valence-electron chi connectivity index (χ3n) is 2.98. The maximum atomic E-state index is 13.6. The number of amides is 2. The summed E-state index contributed by atoms with van der Waals surface area (Å²) in [5.41, 5.74) is -1.01. The molecule has 1 aromatic rings. The van der Waals surface area contributed by atoms with E-state index in [1.165, 1.54) is 14.2 Å². The molecule has 11 heteroatoms. The normalized spacial score (nSPS) is 17.8. The maximum absolute atomic E-state index is 13.6. The predicted molar refractivity (Wildman–Crippen MR) is 71.8 cm³/mol. The summed E-state index contributed by atoms with van der Waals surface area (Å²) in [4.78, 5) is 11.7. The van der Waals surface area contributed by atoms with E-state index in [0.29, 0.717) is 0 Å². The number of halogens is 4. The molecule has 0 aliphatic carbocycles. The summed E-state index contributed by atoms with van der Waals surface area (Å²) >= 11 is 0. The van der Waals surface area contributed by atoms with E-state index < -0.39 is 36.0 Å². The van der Waals surface area contributed by atoms with Crippen molar-refractivity contribution < 1.29 is 41.3 Å². The van der Waals surface area contributed by atoms with Crippen LogP contribution in [0.3, 0.4) is 0 Å². The Morgan fingerprint density at radius 3 is 2.54 bits per heavy atom. The van der Waals surface area contributed by atoms with Crippen LogP contribution in [0.1, 0.15) is 5.56 Å². The summed E-state index contributed by atoms with van der Waals surface area (Å²) < 4.78 is 70.1. The molecule has 1 heterocycles. The van der Waals surface area contributed by atoms with E-state index in [1.807, 2.05) is 0 Å². The van der Waals surface area contributed by atoms with Crippen molar-refractivity contribution >= 4 is 11.7 Å². The van der Waals surface area contributed by atoms with Crippen molar-refractivity contribution in [3.8, 4) is 5.75 Å². The van der Waals surface area contributed by atoms with Crippen LogP contribution in [0.4, 0.5) is 28.0 Å². The molecule has 7 nitrogen and oxygen atoms in total. The van der Waals surface area contributed by atoms with E-state index in [1.54, 1.807) is 0 Å². The Morgan fingerprint density at radius 2 is 1.92 bits per heavy atom. The lowest BCUT2D eigenvalue weighted by Gasteiger charge is -2.30. The minimum absolute atomic E-state index is 0.00161. The highest BCUT2D eigenvalue weighted by Gasteiger charge is 2.54. The predicted octanol–water partition coefficient (Wildman–Crippen LogP) is 2.44. The fourth-order valence-corrected chi connectivity index (χ4v) is 1.89. The van der Waals surface area contributed by atoms with Crippen LogP contribution < -0.4 is 15.4 Å². The van der Waals surface area contributed by atoms with Gasteiger partial charge in [-0.2, -0.15) is 8.78 Å². The Morgan fingerprint density at radius 1 is 1.25 bits per heavy atom. The number of rotatable bonds is 5. The zero-order valence-electron chi connectivity index (χ0n) is 12.6. The minimum Gasteiger partial charge on any atom is -0.409 e. The zero-order valence-corrected chi connectivity index (χ0v) is 12.6. The number of hydrogen-bond acceptors (Lipinski definition) is 5. The number of benzene rings is 1. The Bertz CT molecular complexity index is 610. The molecule has 2 N–H and O–H groups in total. The van der Waals surface area contributed by atoms with Crippen molar-refractivity contribution in [2.24, 2.45) is 0 Å². The van der Waals surface area contributed by atoms with Gasteiger partial charge in [0.1, 0.15) is 5.75 Å². The van der Waals surface area contributed by atoms with Crippen molar-refractivity contribution in [1.82, 2.24) is 5.32 Å². The molecule has 0 unspecified atom stereocenters. The average molecular weight is 354 g/mol. The number of alkyl halides is 4. The molecule has 0 saturated carbocycles. The number of carbonyl (C=O) groups excluding carboxylic acids is 1.